The normalized spacial score (nSPS) is 24.6. The molecule has 0 spiro atoms. The van der Waals surface area contributed by atoms with E-state index >= 15 is 0 Å². The van der Waals surface area contributed by atoms with Crippen LogP contribution in [-0.4, -0.2) is 22.1 Å². The molecule has 0 bridgehead atoms. The van der Waals surface area contributed by atoms with Crippen molar-refractivity contribution in [3.8, 4) is 0 Å². The molecule has 4 nitrogen and oxygen atoms in total. The Bertz CT molecular complexity index is 383. The van der Waals surface area contributed by atoms with Gasteiger partial charge in [-0.1, -0.05) is 0 Å². The lowest BCUT2D eigenvalue weighted by Crippen LogP contribution is -2.17. The van der Waals surface area contributed by atoms with E-state index in [4.69, 9.17) is 5.11 Å². The van der Waals surface area contributed by atoms with Crippen molar-refractivity contribution in [1.29, 1.82) is 0 Å². The fraction of sp³-hybridized carbons (Fsp3) is 0.636. The Morgan fingerprint density at radius 2 is 2.25 bits per heavy atom. The molecule has 5 heteroatoms. The van der Waals surface area contributed by atoms with Crippen LogP contribution in [-0.2, 0) is 4.79 Å². The smallest absolute Gasteiger partial charge is 0.306 e. The zero-order chi connectivity index (χ0) is 11.7. The highest BCUT2D eigenvalue weighted by Gasteiger charge is 2.29. The van der Waals surface area contributed by atoms with E-state index in [2.05, 4.69) is 10.3 Å². The van der Waals surface area contributed by atoms with Gasteiger partial charge in [0, 0.05) is 10.9 Å². The first-order valence-electron chi connectivity index (χ1n) is 5.49. The Hall–Kier alpha value is -1.10. The van der Waals surface area contributed by atoms with Gasteiger partial charge in [0.15, 0.2) is 5.13 Å². The van der Waals surface area contributed by atoms with Gasteiger partial charge in [0.25, 0.3) is 0 Å². The second-order valence-electron chi connectivity index (χ2n) is 4.35. The van der Waals surface area contributed by atoms with E-state index in [1.54, 1.807) is 11.3 Å². The van der Waals surface area contributed by atoms with Crippen molar-refractivity contribution < 1.29 is 9.90 Å². The summed E-state index contributed by atoms with van der Waals surface area (Å²) in [6.07, 6.45) is 2.41. The van der Waals surface area contributed by atoms with Crippen LogP contribution >= 0.6 is 11.3 Å². The van der Waals surface area contributed by atoms with E-state index in [0.29, 0.717) is 6.42 Å². The number of aryl methyl sites for hydroxylation is 2. The number of carboxylic acids is 1. The Morgan fingerprint density at radius 1 is 1.50 bits per heavy atom. The van der Waals surface area contributed by atoms with Crippen molar-refractivity contribution in [2.24, 2.45) is 5.92 Å². The van der Waals surface area contributed by atoms with Gasteiger partial charge >= 0.3 is 5.97 Å². The Kier molecular flexibility index (Phi) is 3.14. The molecule has 1 saturated carbocycles. The Labute approximate surface area is 98.7 Å². The summed E-state index contributed by atoms with van der Waals surface area (Å²) < 4.78 is 0. The summed E-state index contributed by atoms with van der Waals surface area (Å²) in [5.74, 6) is -0.851. The molecule has 0 radical (unpaired) electrons. The van der Waals surface area contributed by atoms with Gasteiger partial charge in [-0.25, -0.2) is 4.98 Å². The fourth-order valence-electron chi connectivity index (χ4n) is 2.05. The number of aliphatic carboxylic acids is 1. The molecule has 2 N–H and O–H groups in total. The second-order valence-corrected chi connectivity index (χ2v) is 5.55. The molecule has 1 heterocycles. The monoisotopic (exact) mass is 240 g/mol. The van der Waals surface area contributed by atoms with Gasteiger partial charge in [-0.3, -0.25) is 4.79 Å². The third kappa shape index (κ3) is 2.35. The minimum Gasteiger partial charge on any atom is -0.481 e. The minimum atomic E-state index is -0.671. The quantitative estimate of drug-likeness (QED) is 0.851. The number of hydrogen-bond acceptors (Lipinski definition) is 4. The number of carboxylic acid groups (broad SMARTS) is 1. The highest BCUT2D eigenvalue weighted by Crippen LogP contribution is 2.30. The molecule has 88 valence electrons. The summed E-state index contributed by atoms with van der Waals surface area (Å²) in [6, 6.07) is 0.269. The minimum absolute atomic E-state index is 0.181. The first-order chi connectivity index (χ1) is 7.56. The lowest BCUT2D eigenvalue weighted by Gasteiger charge is -2.10. The van der Waals surface area contributed by atoms with Gasteiger partial charge in [-0.15, -0.1) is 11.3 Å². The number of nitrogens with one attached hydrogen (secondary N) is 1. The molecular weight excluding hydrogens is 224 g/mol. The molecule has 1 aliphatic rings. The summed E-state index contributed by atoms with van der Waals surface area (Å²) in [4.78, 5) is 16.4. The van der Waals surface area contributed by atoms with Crippen LogP contribution in [0.15, 0.2) is 0 Å². The summed E-state index contributed by atoms with van der Waals surface area (Å²) in [6.45, 7) is 4.04. The average Bonchev–Trinajstić information content (AvgIpc) is 2.76. The molecule has 2 rings (SSSR count). The number of carbonyl (C=O) groups is 1. The zero-order valence-corrected chi connectivity index (χ0v) is 10.3. The molecule has 2 unspecified atom stereocenters. The molecule has 0 saturated heterocycles. The number of aromatic nitrogens is 1. The molecule has 0 aliphatic heterocycles. The van der Waals surface area contributed by atoms with Crippen molar-refractivity contribution in [3.05, 3.63) is 10.6 Å². The van der Waals surface area contributed by atoms with Gasteiger partial charge in [0.05, 0.1) is 11.6 Å². The summed E-state index contributed by atoms with van der Waals surface area (Å²) >= 11 is 1.64. The highest BCUT2D eigenvalue weighted by molar-refractivity contribution is 7.15. The van der Waals surface area contributed by atoms with E-state index < -0.39 is 5.97 Å². The van der Waals surface area contributed by atoms with Crippen LogP contribution in [0.4, 0.5) is 5.13 Å². The number of anilines is 1. The molecule has 1 fully saturated rings. The van der Waals surface area contributed by atoms with Crippen LogP contribution in [0.2, 0.25) is 0 Å². The maximum absolute atomic E-state index is 10.8. The van der Waals surface area contributed by atoms with Gasteiger partial charge < -0.3 is 10.4 Å². The summed E-state index contributed by atoms with van der Waals surface area (Å²) in [7, 11) is 0. The largest absolute Gasteiger partial charge is 0.481 e. The standard InChI is InChI=1S/C11H16N2O2S/c1-6-7(2)16-11(12-6)13-9-4-3-8(5-9)10(14)15/h8-9H,3-5H2,1-2H3,(H,12,13)(H,14,15). The van der Waals surface area contributed by atoms with Crippen LogP contribution in [0.5, 0.6) is 0 Å². The molecular formula is C11H16N2O2S. The molecule has 16 heavy (non-hydrogen) atoms. The fourth-order valence-corrected chi connectivity index (χ4v) is 2.94. The number of hydrogen-bond donors (Lipinski definition) is 2. The SMILES string of the molecule is Cc1nc(NC2CCC(C(=O)O)C2)sc1C. The van der Waals surface area contributed by atoms with Crippen molar-refractivity contribution in [1.82, 2.24) is 4.98 Å². The summed E-state index contributed by atoms with van der Waals surface area (Å²) in [5.41, 5.74) is 1.06. The van der Waals surface area contributed by atoms with E-state index in [1.165, 1.54) is 4.88 Å². The van der Waals surface area contributed by atoms with E-state index in [-0.39, 0.29) is 12.0 Å². The van der Waals surface area contributed by atoms with Crippen molar-refractivity contribution in [2.45, 2.75) is 39.2 Å². The van der Waals surface area contributed by atoms with E-state index in [9.17, 15) is 4.79 Å². The molecule has 1 aromatic heterocycles. The van der Waals surface area contributed by atoms with Gasteiger partial charge in [-0.2, -0.15) is 0 Å². The lowest BCUT2D eigenvalue weighted by atomic mass is 10.1. The van der Waals surface area contributed by atoms with Gasteiger partial charge in [0.1, 0.15) is 0 Å². The highest BCUT2D eigenvalue weighted by atomic mass is 32.1. The molecule has 0 aromatic carbocycles. The number of rotatable bonds is 3. The summed E-state index contributed by atoms with van der Waals surface area (Å²) in [5, 5.41) is 13.2. The molecule has 0 amide bonds. The number of nitrogens with zero attached hydrogens (tertiary/aromatic N) is 1. The zero-order valence-electron chi connectivity index (χ0n) is 9.49. The predicted octanol–water partition coefficient (Wildman–Crippen LogP) is 2.43. The third-order valence-electron chi connectivity index (χ3n) is 3.14. The van der Waals surface area contributed by atoms with Gasteiger partial charge in [0.2, 0.25) is 0 Å². The van der Waals surface area contributed by atoms with Crippen LogP contribution in [0.1, 0.15) is 29.8 Å². The number of thiazole rings is 1. The van der Waals surface area contributed by atoms with E-state index in [1.807, 2.05) is 13.8 Å². The van der Waals surface area contributed by atoms with Crippen molar-refractivity contribution in [3.63, 3.8) is 0 Å². The Morgan fingerprint density at radius 3 is 2.75 bits per heavy atom. The molecule has 1 aliphatic carbocycles. The average molecular weight is 240 g/mol. The van der Waals surface area contributed by atoms with Gasteiger partial charge in [-0.05, 0) is 33.1 Å². The molecule has 2 atom stereocenters. The first kappa shape index (κ1) is 11.4. The molecule has 1 aromatic rings. The second kappa shape index (κ2) is 4.41. The van der Waals surface area contributed by atoms with Crippen LogP contribution in [0.25, 0.3) is 0 Å². The first-order valence-corrected chi connectivity index (χ1v) is 6.31. The van der Waals surface area contributed by atoms with E-state index in [0.717, 1.165) is 23.7 Å². The van der Waals surface area contributed by atoms with Crippen LogP contribution in [0, 0.1) is 19.8 Å². The van der Waals surface area contributed by atoms with Crippen LogP contribution in [0.3, 0.4) is 0 Å². The van der Waals surface area contributed by atoms with Crippen LogP contribution < -0.4 is 5.32 Å². The maximum atomic E-state index is 10.8. The lowest BCUT2D eigenvalue weighted by molar-refractivity contribution is -0.141. The predicted molar refractivity (Wildman–Crippen MR) is 64.0 cm³/mol. The van der Waals surface area contributed by atoms with Crippen molar-refractivity contribution >= 4 is 22.4 Å². The Balaban J connectivity index is 1.94. The third-order valence-corrected chi connectivity index (χ3v) is 4.14. The topological polar surface area (TPSA) is 62.2 Å². The van der Waals surface area contributed by atoms with Crippen molar-refractivity contribution in [2.75, 3.05) is 5.32 Å². The maximum Gasteiger partial charge on any atom is 0.306 e.